The summed E-state index contributed by atoms with van der Waals surface area (Å²) in [7, 11) is 0.00858. The van der Waals surface area contributed by atoms with E-state index < -0.39 is 15.1 Å². The van der Waals surface area contributed by atoms with Crippen LogP contribution in [0.2, 0.25) is 0 Å². The van der Waals surface area contributed by atoms with E-state index in [0.29, 0.717) is 29.3 Å². The smallest absolute Gasteiger partial charge is 0.163 e. The van der Waals surface area contributed by atoms with Gasteiger partial charge in [-0.1, -0.05) is 6.42 Å². The minimum Gasteiger partial charge on any atom is -0.493 e. The molecule has 1 unspecified atom stereocenters. The molecule has 1 aromatic carbocycles. The number of nitrogens with zero attached hydrogens (tertiary/aromatic N) is 1. The topological polar surface area (TPSA) is 81.3 Å². The second-order valence-electron chi connectivity index (χ2n) is 5.20. The normalized spacial score (nSPS) is 21.3. The number of aromatic nitrogens is 2. The number of methoxy groups -OCH3 is 2. The van der Waals surface area contributed by atoms with E-state index in [-0.39, 0.29) is 5.75 Å². The summed E-state index contributed by atoms with van der Waals surface area (Å²) in [5.74, 6) is 1.92. The zero-order valence-corrected chi connectivity index (χ0v) is 12.9. The third-order valence-corrected chi connectivity index (χ3v) is 6.07. The van der Waals surface area contributed by atoms with Crippen LogP contribution in [0.25, 0.3) is 11.0 Å². The molecule has 0 amide bonds. The van der Waals surface area contributed by atoms with Crippen LogP contribution < -0.4 is 9.47 Å². The predicted molar refractivity (Wildman–Crippen MR) is 79.6 cm³/mol. The van der Waals surface area contributed by atoms with Gasteiger partial charge >= 0.3 is 0 Å². The van der Waals surface area contributed by atoms with E-state index >= 15 is 0 Å². The summed E-state index contributed by atoms with van der Waals surface area (Å²) in [6, 6.07) is 3.53. The van der Waals surface area contributed by atoms with Crippen LogP contribution in [0.5, 0.6) is 11.5 Å². The number of benzene rings is 1. The zero-order chi connectivity index (χ0) is 15.0. The molecular weight excluding hydrogens is 292 g/mol. The molecule has 3 rings (SSSR count). The van der Waals surface area contributed by atoms with Crippen LogP contribution in [0.1, 0.15) is 30.3 Å². The fourth-order valence-electron chi connectivity index (χ4n) is 2.77. The van der Waals surface area contributed by atoms with E-state index in [1.807, 2.05) is 0 Å². The second-order valence-corrected chi connectivity index (χ2v) is 7.50. The molecule has 1 saturated heterocycles. The van der Waals surface area contributed by atoms with Gasteiger partial charge in [-0.05, 0) is 12.8 Å². The van der Waals surface area contributed by atoms with Crippen molar-refractivity contribution in [3.8, 4) is 11.5 Å². The van der Waals surface area contributed by atoms with Crippen molar-refractivity contribution in [2.45, 2.75) is 24.5 Å². The summed E-state index contributed by atoms with van der Waals surface area (Å²) in [5, 5.41) is -0.532. The first kappa shape index (κ1) is 14.2. The van der Waals surface area contributed by atoms with Crippen LogP contribution in [-0.4, -0.2) is 38.4 Å². The van der Waals surface area contributed by atoms with Gasteiger partial charge in [-0.2, -0.15) is 0 Å². The molecule has 1 N–H and O–H groups in total. The number of sulfone groups is 1. The number of fused-ring (bicyclic) bond motifs is 1. The van der Waals surface area contributed by atoms with E-state index in [4.69, 9.17) is 9.47 Å². The number of aromatic amines is 1. The number of rotatable bonds is 3. The van der Waals surface area contributed by atoms with Crippen molar-refractivity contribution in [2.75, 3.05) is 20.0 Å². The van der Waals surface area contributed by atoms with Crippen LogP contribution in [-0.2, 0) is 9.84 Å². The first-order valence-corrected chi connectivity index (χ1v) is 8.60. The monoisotopic (exact) mass is 310 g/mol. The lowest BCUT2D eigenvalue weighted by Crippen LogP contribution is -2.22. The van der Waals surface area contributed by atoms with E-state index in [1.54, 1.807) is 26.4 Å². The first-order valence-electron chi connectivity index (χ1n) is 6.88. The lowest BCUT2D eigenvalue weighted by atomic mass is 10.2. The lowest BCUT2D eigenvalue weighted by Gasteiger charge is -2.19. The third kappa shape index (κ3) is 2.46. The summed E-state index contributed by atoms with van der Waals surface area (Å²) in [5.41, 5.74) is 1.44. The molecule has 7 heteroatoms. The number of H-pyrrole nitrogens is 1. The van der Waals surface area contributed by atoms with Crippen molar-refractivity contribution < 1.29 is 17.9 Å². The fourth-order valence-corrected chi connectivity index (χ4v) is 4.64. The summed E-state index contributed by atoms with van der Waals surface area (Å²) < 4.78 is 34.9. The Kier molecular flexibility index (Phi) is 3.52. The molecule has 0 bridgehead atoms. The minimum atomic E-state index is -3.11. The molecule has 0 spiro atoms. The summed E-state index contributed by atoms with van der Waals surface area (Å²) in [6.07, 6.45) is 2.27. The lowest BCUT2D eigenvalue weighted by molar-refractivity contribution is 0.356. The highest BCUT2D eigenvalue weighted by atomic mass is 32.2. The Hall–Kier alpha value is -1.76. The van der Waals surface area contributed by atoms with Gasteiger partial charge in [0.2, 0.25) is 0 Å². The third-order valence-electron chi connectivity index (χ3n) is 3.89. The van der Waals surface area contributed by atoms with Crippen LogP contribution in [0.4, 0.5) is 0 Å². The van der Waals surface area contributed by atoms with Gasteiger partial charge in [-0.3, -0.25) is 0 Å². The van der Waals surface area contributed by atoms with E-state index in [9.17, 15) is 8.42 Å². The summed E-state index contributed by atoms with van der Waals surface area (Å²) in [6.45, 7) is 0. The number of nitrogens with one attached hydrogen (secondary N) is 1. The fraction of sp³-hybridized carbons (Fsp3) is 0.500. The Morgan fingerprint density at radius 3 is 2.57 bits per heavy atom. The van der Waals surface area contributed by atoms with Crippen molar-refractivity contribution >= 4 is 20.9 Å². The molecule has 2 heterocycles. The molecule has 1 fully saturated rings. The molecule has 21 heavy (non-hydrogen) atoms. The molecular formula is C14H18N2O4S. The average molecular weight is 310 g/mol. The summed E-state index contributed by atoms with van der Waals surface area (Å²) in [4.78, 5) is 7.57. The van der Waals surface area contributed by atoms with Gasteiger partial charge in [0, 0.05) is 12.1 Å². The molecule has 0 saturated carbocycles. The van der Waals surface area contributed by atoms with E-state index in [1.165, 1.54) is 0 Å². The molecule has 114 valence electrons. The van der Waals surface area contributed by atoms with Gasteiger partial charge in [0.15, 0.2) is 21.3 Å². The van der Waals surface area contributed by atoms with Gasteiger partial charge in [0.25, 0.3) is 0 Å². The standard InChI is InChI=1S/C14H18N2O4S/c1-19-11-7-9-10(8-12(11)20-2)16-14(15-9)13-5-3-4-6-21(13,17)18/h7-8,13H,3-6H2,1-2H3,(H,15,16). The second kappa shape index (κ2) is 5.22. The number of imidazole rings is 1. The van der Waals surface area contributed by atoms with Crippen LogP contribution >= 0.6 is 0 Å². The molecule has 2 aromatic rings. The highest BCUT2D eigenvalue weighted by Crippen LogP contribution is 2.35. The van der Waals surface area contributed by atoms with Crippen LogP contribution in [0, 0.1) is 0 Å². The van der Waals surface area contributed by atoms with Crippen molar-refractivity contribution in [3.63, 3.8) is 0 Å². The minimum absolute atomic E-state index is 0.237. The molecule has 1 atom stereocenters. The molecule has 0 radical (unpaired) electrons. The first-order chi connectivity index (χ1) is 10.0. The Morgan fingerprint density at radius 2 is 1.90 bits per heavy atom. The zero-order valence-electron chi connectivity index (χ0n) is 12.0. The van der Waals surface area contributed by atoms with Gasteiger partial charge in [-0.25, -0.2) is 13.4 Å². The van der Waals surface area contributed by atoms with Crippen LogP contribution in [0.15, 0.2) is 12.1 Å². The highest BCUT2D eigenvalue weighted by Gasteiger charge is 2.32. The van der Waals surface area contributed by atoms with Crippen molar-refractivity contribution in [1.29, 1.82) is 0 Å². The largest absolute Gasteiger partial charge is 0.493 e. The molecule has 1 aromatic heterocycles. The van der Waals surface area contributed by atoms with Crippen molar-refractivity contribution in [2.24, 2.45) is 0 Å². The highest BCUT2D eigenvalue weighted by molar-refractivity contribution is 7.91. The van der Waals surface area contributed by atoms with Gasteiger partial charge in [-0.15, -0.1) is 0 Å². The Balaban J connectivity index is 2.08. The molecule has 1 aliphatic heterocycles. The van der Waals surface area contributed by atoms with Crippen molar-refractivity contribution in [3.05, 3.63) is 18.0 Å². The average Bonchev–Trinajstić information content (AvgIpc) is 2.87. The number of hydrogen-bond acceptors (Lipinski definition) is 5. The molecule has 0 aliphatic carbocycles. The maximum absolute atomic E-state index is 12.2. The Bertz CT molecular complexity index is 726. The molecule has 1 aliphatic rings. The maximum atomic E-state index is 12.2. The van der Waals surface area contributed by atoms with Crippen LogP contribution in [0.3, 0.4) is 0 Å². The Morgan fingerprint density at radius 1 is 1.19 bits per heavy atom. The SMILES string of the molecule is COc1cc2nc(C3CCCCS3(=O)=O)[nH]c2cc1OC. The van der Waals surface area contributed by atoms with E-state index in [2.05, 4.69) is 9.97 Å². The summed E-state index contributed by atoms with van der Waals surface area (Å²) >= 11 is 0. The van der Waals surface area contributed by atoms with Gasteiger partial charge < -0.3 is 14.5 Å². The van der Waals surface area contributed by atoms with Gasteiger partial charge in [0.1, 0.15) is 11.1 Å². The number of ether oxygens (including phenoxy) is 2. The predicted octanol–water partition coefficient (Wildman–Crippen LogP) is 2.22. The molecule has 6 nitrogen and oxygen atoms in total. The maximum Gasteiger partial charge on any atom is 0.163 e. The number of hydrogen-bond donors (Lipinski definition) is 1. The Labute approximate surface area is 123 Å². The quantitative estimate of drug-likeness (QED) is 0.940. The van der Waals surface area contributed by atoms with Gasteiger partial charge in [0.05, 0.1) is 31.0 Å². The van der Waals surface area contributed by atoms with Crippen molar-refractivity contribution in [1.82, 2.24) is 9.97 Å². The van der Waals surface area contributed by atoms with E-state index in [0.717, 1.165) is 18.4 Å².